The van der Waals surface area contributed by atoms with Crippen molar-refractivity contribution in [3.63, 3.8) is 0 Å². The molecule has 0 saturated heterocycles. The maximum atomic E-state index is 12.3. The van der Waals surface area contributed by atoms with Crippen molar-refractivity contribution in [2.75, 3.05) is 17.7 Å². The Bertz CT molecular complexity index is 1080. The number of ether oxygens (including phenoxy) is 1. The second-order valence-corrected chi connectivity index (χ2v) is 7.75. The van der Waals surface area contributed by atoms with Crippen LogP contribution in [0.2, 0.25) is 10.0 Å². The van der Waals surface area contributed by atoms with E-state index in [2.05, 4.69) is 14.7 Å². The van der Waals surface area contributed by atoms with E-state index >= 15 is 0 Å². The molecule has 9 nitrogen and oxygen atoms in total. The van der Waals surface area contributed by atoms with E-state index in [1.165, 1.54) is 13.0 Å². The molecule has 0 aliphatic heterocycles. The van der Waals surface area contributed by atoms with Gasteiger partial charge >= 0.3 is 17.1 Å². The molecule has 1 unspecified atom stereocenters. The minimum absolute atomic E-state index is 0.0414. The topological polar surface area (TPSA) is 129 Å². The van der Waals surface area contributed by atoms with Crippen LogP contribution in [-0.4, -0.2) is 43.8 Å². The largest absolute Gasteiger partial charge is 0.467 e. The number of sulfonamides is 1. The summed E-state index contributed by atoms with van der Waals surface area (Å²) in [6.45, 7) is 1.28. The maximum Gasteiger partial charge on any atom is 0.329 e. The molecule has 0 bridgehead atoms. The Hall–Kier alpha value is -2.04. The summed E-state index contributed by atoms with van der Waals surface area (Å²) in [5.74, 6) is -0.860. The monoisotopic (exact) mass is 409 g/mol. The van der Waals surface area contributed by atoms with Crippen LogP contribution in [0.15, 0.2) is 15.7 Å². The van der Waals surface area contributed by atoms with E-state index in [0.717, 1.165) is 13.4 Å². The van der Waals surface area contributed by atoms with E-state index in [-0.39, 0.29) is 26.8 Å². The van der Waals surface area contributed by atoms with Gasteiger partial charge in [-0.1, -0.05) is 23.2 Å². The molecule has 2 rings (SSSR count). The highest BCUT2D eigenvalue weighted by molar-refractivity contribution is 7.92. The Labute approximate surface area is 151 Å². The van der Waals surface area contributed by atoms with Crippen LogP contribution in [0.25, 0.3) is 11.0 Å². The summed E-state index contributed by atoms with van der Waals surface area (Å²) in [6, 6.07) is -0.0573. The van der Waals surface area contributed by atoms with Crippen molar-refractivity contribution in [1.82, 2.24) is 9.97 Å². The summed E-state index contributed by atoms with van der Waals surface area (Å²) < 4.78 is 29.9. The number of H-pyrrole nitrogens is 2. The molecule has 1 aromatic heterocycles. The number of aromatic nitrogens is 2. The molecule has 0 fully saturated rings. The second-order valence-electron chi connectivity index (χ2n) is 5.11. The van der Waals surface area contributed by atoms with Crippen molar-refractivity contribution in [1.29, 1.82) is 0 Å². The first-order valence-electron chi connectivity index (χ1n) is 6.70. The summed E-state index contributed by atoms with van der Waals surface area (Å²) >= 11 is 12.2. The predicted molar refractivity (Wildman–Crippen MR) is 94.0 cm³/mol. The number of anilines is 1. The van der Waals surface area contributed by atoms with Crippen LogP contribution in [0.4, 0.5) is 5.69 Å². The van der Waals surface area contributed by atoms with Gasteiger partial charge in [0.2, 0.25) is 10.0 Å². The fourth-order valence-electron chi connectivity index (χ4n) is 2.31. The summed E-state index contributed by atoms with van der Waals surface area (Å²) in [7, 11) is -2.96. The molecule has 1 aromatic carbocycles. The van der Waals surface area contributed by atoms with Gasteiger partial charge in [0, 0.05) is 0 Å². The number of carbonyl (C=O) groups excluding carboxylic acids is 1. The Kier molecular flexibility index (Phi) is 5.17. The minimum atomic E-state index is -4.05. The van der Waals surface area contributed by atoms with Gasteiger partial charge in [0.05, 0.1) is 40.1 Å². The van der Waals surface area contributed by atoms with Gasteiger partial charge < -0.3 is 14.7 Å². The van der Waals surface area contributed by atoms with Crippen LogP contribution in [0, 0.1) is 0 Å². The van der Waals surface area contributed by atoms with E-state index in [0.29, 0.717) is 4.31 Å². The normalized spacial score (nSPS) is 12.8. The zero-order valence-electron chi connectivity index (χ0n) is 13.2. The summed E-state index contributed by atoms with van der Waals surface area (Å²) in [6.07, 6.45) is 0.847. The predicted octanol–water partition coefficient (Wildman–Crippen LogP) is 0.851. The zero-order valence-corrected chi connectivity index (χ0v) is 15.5. The minimum Gasteiger partial charge on any atom is -0.467 e. The third-order valence-electron chi connectivity index (χ3n) is 3.36. The molecule has 1 atom stereocenters. The van der Waals surface area contributed by atoms with Gasteiger partial charge in [0.25, 0.3) is 0 Å². The molecule has 0 amide bonds. The average Bonchev–Trinajstić information content (AvgIpc) is 2.51. The lowest BCUT2D eigenvalue weighted by atomic mass is 10.2. The van der Waals surface area contributed by atoms with Gasteiger partial charge in [-0.15, -0.1) is 0 Å². The summed E-state index contributed by atoms with van der Waals surface area (Å²) in [5.41, 5.74) is -2.28. The van der Waals surface area contributed by atoms with Gasteiger partial charge in [-0.2, -0.15) is 0 Å². The van der Waals surface area contributed by atoms with E-state index < -0.39 is 33.2 Å². The van der Waals surface area contributed by atoms with Crippen LogP contribution in [-0.2, 0) is 19.6 Å². The summed E-state index contributed by atoms with van der Waals surface area (Å²) in [4.78, 5) is 39.6. The highest BCUT2D eigenvalue weighted by Gasteiger charge is 2.34. The second kappa shape index (κ2) is 6.70. The number of methoxy groups -OCH3 is 1. The summed E-state index contributed by atoms with van der Waals surface area (Å²) in [5, 5.41) is -0.310. The maximum absolute atomic E-state index is 12.3. The van der Waals surface area contributed by atoms with Gasteiger partial charge in [-0.05, 0) is 13.0 Å². The van der Waals surface area contributed by atoms with Crippen molar-refractivity contribution < 1.29 is 17.9 Å². The molecule has 136 valence electrons. The fourth-order valence-corrected chi connectivity index (χ4v) is 3.97. The third kappa shape index (κ3) is 3.51. The first-order valence-corrected chi connectivity index (χ1v) is 9.31. The van der Waals surface area contributed by atoms with Crippen molar-refractivity contribution >= 4 is 55.9 Å². The van der Waals surface area contributed by atoms with Crippen molar-refractivity contribution in [3.05, 3.63) is 36.8 Å². The Morgan fingerprint density at radius 3 is 2.32 bits per heavy atom. The number of hydrogen-bond donors (Lipinski definition) is 2. The molecular weight excluding hydrogens is 397 g/mol. The van der Waals surface area contributed by atoms with Gasteiger partial charge in [-0.25, -0.2) is 13.2 Å². The molecule has 2 N–H and O–H groups in total. The molecule has 12 heteroatoms. The fraction of sp³-hybridized carbons (Fsp3) is 0.308. The Morgan fingerprint density at radius 1 is 1.24 bits per heavy atom. The molecule has 1 heterocycles. The lowest BCUT2D eigenvalue weighted by Crippen LogP contribution is -2.44. The number of hydrogen-bond acceptors (Lipinski definition) is 6. The lowest BCUT2D eigenvalue weighted by Gasteiger charge is -2.29. The van der Waals surface area contributed by atoms with Crippen LogP contribution in [0.3, 0.4) is 0 Å². The highest BCUT2D eigenvalue weighted by Crippen LogP contribution is 2.39. The third-order valence-corrected chi connectivity index (χ3v) is 5.35. The number of carbonyl (C=O) groups is 1. The van der Waals surface area contributed by atoms with E-state index in [1.807, 2.05) is 0 Å². The Balaban J connectivity index is 2.99. The number of nitrogens with zero attached hydrogens (tertiary/aromatic N) is 1. The average molecular weight is 410 g/mol. The van der Waals surface area contributed by atoms with Crippen molar-refractivity contribution in [2.45, 2.75) is 13.0 Å². The van der Waals surface area contributed by atoms with Gasteiger partial charge in [-0.3, -0.25) is 13.9 Å². The number of fused-ring (bicyclic) bond motifs is 1. The number of esters is 1. The number of rotatable bonds is 4. The first kappa shape index (κ1) is 19.3. The van der Waals surface area contributed by atoms with E-state index in [4.69, 9.17) is 23.2 Å². The molecule has 0 aliphatic carbocycles. The molecule has 0 spiro atoms. The number of benzene rings is 1. The van der Waals surface area contributed by atoms with Gasteiger partial charge in [0.15, 0.2) is 0 Å². The first-order chi connectivity index (χ1) is 11.5. The van der Waals surface area contributed by atoms with Crippen LogP contribution < -0.4 is 15.4 Å². The molecular formula is C13H13Cl2N3O6S. The van der Waals surface area contributed by atoms with E-state index in [9.17, 15) is 22.8 Å². The molecule has 25 heavy (non-hydrogen) atoms. The van der Waals surface area contributed by atoms with Crippen molar-refractivity contribution in [3.8, 4) is 0 Å². The standard InChI is InChI=1S/C13H13Cl2N3O6S/c1-5(13(21)24-2)18(25(3,22)23)10-8(15)6(14)4-7-9(10)17-12(20)11(19)16-7/h4-5H,1-3H3,(H,16,19)(H,17,20). The SMILES string of the molecule is COC(=O)C(C)N(c1c(Cl)c(Cl)cc2[nH]c(=O)c(=O)[nH]c12)S(C)(=O)=O. The van der Waals surface area contributed by atoms with Crippen LogP contribution in [0.1, 0.15) is 6.92 Å². The number of halogens is 2. The lowest BCUT2D eigenvalue weighted by molar-refractivity contribution is -0.141. The van der Waals surface area contributed by atoms with Gasteiger partial charge in [0.1, 0.15) is 6.04 Å². The zero-order chi connectivity index (χ0) is 19.1. The smallest absolute Gasteiger partial charge is 0.329 e. The van der Waals surface area contributed by atoms with Crippen molar-refractivity contribution in [2.24, 2.45) is 0 Å². The Morgan fingerprint density at radius 2 is 1.80 bits per heavy atom. The molecule has 0 aliphatic rings. The molecule has 0 saturated carbocycles. The van der Waals surface area contributed by atoms with Crippen LogP contribution >= 0.6 is 23.2 Å². The highest BCUT2D eigenvalue weighted by atomic mass is 35.5. The van der Waals surface area contributed by atoms with E-state index in [1.54, 1.807) is 0 Å². The quantitative estimate of drug-likeness (QED) is 0.568. The van der Waals surface area contributed by atoms with Crippen LogP contribution in [0.5, 0.6) is 0 Å². The molecule has 0 radical (unpaired) electrons. The number of nitrogens with one attached hydrogen (secondary N) is 2. The molecule has 2 aromatic rings. The number of aromatic amines is 2.